The van der Waals surface area contributed by atoms with E-state index in [4.69, 9.17) is 0 Å². The molecule has 0 fully saturated rings. The Hall–Kier alpha value is -0.660. The summed E-state index contributed by atoms with van der Waals surface area (Å²) in [6.07, 6.45) is 51.5. The topological polar surface area (TPSA) is 6.48 Å². The third kappa shape index (κ3) is 23.8. The van der Waals surface area contributed by atoms with Crippen LogP contribution in [0.3, 0.4) is 0 Å². The van der Waals surface area contributed by atoms with Gasteiger partial charge in [0.25, 0.3) is 0 Å². The Kier molecular flexibility index (Phi) is 29.8. The summed E-state index contributed by atoms with van der Waals surface area (Å²) in [5.74, 6) is 0. The Morgan fingerprint density at radius 3 is 0.905 bits per heavy atom. The van der Waals surface area contributed by atoms with Crippen LogP contribution in [-0.2, 0) is 0 Å². The summed E-state index contributed by atoms with van der Waals surface area (Å²) in [6.45, 7) is 9.46. The molecule has 0 aliphatic carbocycles. The molecule has 0 saturated carbocycles. The molecule has 1 aliphatic rings. The van der Waals surface area contributed by atoms with Gasteiger partial charge in [-0.3, -0.25) is 0 Å². The lowest BCUT2D eigenvalue weighted by Crippen LogP contribution is -2.39. The lowest BCUT2D eigenvalue weighted by Gasteiger charge is -2.33. The van der Waals surface area contributed by atoms with Gasteiger partial charge in [-0.1, -0.05) is 201 Å². The number of hydrogen-bond donors (Lipinski definition) is 0. The van der Waals surface area contributed by atoms with Crippen molar-refractivity contribution in [2.24, 2.45) is 0 Å². The van der Waals surface area contributed by atoms with Crippen LogP contribution in [-0.4, -0.2) is 29.1 Å². The minimum Gasteiger partial charge on any atom is -0.356 e. The Morgan fingerprint density at radius 2 is 0.571 bits per heavy atom. The average molecular weight is 589 g/mol. The summed E-state index contributed by atoms with van der Waals surface area (Å²) in [4.78, 5) is 5.36. The van der Waals surface area contributed by atoms with Crippen LogP contribution in [0.1, 0.15) is 226 Å². The van der Waals surface area contributed by atoms with E-state index in [2.05, 4.69) is 43.0 Å². The van der Waals surface area contributed by atoms with Gasteiger partial charge < -0.3 is 9.80 Å². The van der Waals surface area contributed by atoms with Gasteiger partial charge in [0.15, 0.2) is 0 Å². The van der Waals surface area contributed by atoms with Crippen molar-refractivity contribution in [1.82, 2.24) is 9.80 Å². The first-order valence-corrected chi connectivity index (χ1v) is 20.0. The van der Waals surface area contributed by atoms with Crippen molar-refractivity contribution >= 4 is 0 Å². The monoisotopic (exact) mass is 589 g/mol. The summed E-state index contributed by atoms with van der Waals surface area (Å²) < 4.78 is 0. The van der Waals surface area contributed by atoms with Crippen molar-refractivity contribution in [3.63, 3.8) is 0 Å². The van der Waals surface area contributed by atoms with Gasteiger partial charge in [-0.15, -0.1) is 0 Å². The zero-order valence-electron chi connectivity index (χ0n) is 29.7. The molecule has 1 heterocycles. The number of nitrogens with zero attached hydrogens (tertiary/aromatic N) is 2. The fraction of sp³-hybridized carbons (Fsp3) is 0.950. The largest absolute Gasteiger partial charge is 0.356 e. The number of hydrogen-bond acceptors (Lipinski definition) is 2. The maximum absolute atomic E-state index is 2.69. The Balaban J connectivity index is 2.02. The SMILES string of the molecule is CCCCCCCCCCCCCCCCCC1N(CCCC)C=CN1CCCCCCCCCCCCCCCC. The quantitative estimate of drug-likeness (QED) is 0.0690. The van der Waals surface area contributed by atoms with Crippen molar-refractivity contribution < 1.29 is 0 Å². The lowest BCUT2D eigenvalue weighted by atomic mass is 10.0. The van der Waals surface area contributed by atoms with E-state index in [9.17, 15) is 0 Å². The lowest BCUT2D eigenvalue weighted by molar-refractivity contribution is 0.136. The maximum Gasteiger partial charge on any atom is 0.101 e. The van der Waals surface area contributed by atoms with E-state index < -0.39 is 0 Å². The highest BCUT2D eigenvalue weighted by Crippen LogP contribution is 2.24. The van der Waals surface area contributed by atoms with Gasteiger partial charge in [-0.05, 0) is 25.7 Å². The molecule has 0 aromatic carbocycles. The van der Waals surface area contributed by atoms with Gasteiger partial charge in [-0.25, -0.2) is 0 Å². The zero-order chi connectivity index (χ0) is 30.2. The van der Waals surface area contributed by atoms with Crippen molar-refractivity contribution in [2.75, 3.05) is 13.1 Å². The van der Waals surface area contributed by atoms with E-state index in [1.54, 1.807) is 0 Å². The molecule has 42 heavy (non-hydrogen) atoms. The molecule has 2 heteroatoms. The number of unbranched alkanes of at least 4 members (excludes halogenated alkanes) is 28. The minimum absolute atomic E-state index is 0.639. The second kappa shape index (κ2) is 31.8. The first kappa shape index (κ1) is 39.4. The molecule has 0 radical (unpaired) electrons. The summed E-state index contributed by atoms with van der Waals surface area (Å²) in [5.41, 5.74) is 0. The first-order valence-electron chi connectivity index (χ1n) is 20.0. The highest BCUT2D eigenvalue weighted by Gasteiger charge is 2.24. The van der Waals surface area contributed by atoms with Crippen molar-refractivity contribution in [3.8, 4) is 0 Å². The van der Waals surface area contributed by atoms with Gasteiger partial charge >= 0.3 is 0 Å². The van der Waals surface area contributed by atoms with Crippen molar-refractivity contribution in [2.45, 2.75) is 232 Å². The van der Waals surface area contributed by atoms with Crippen LogP contribution < -0.4 is 0 Å². The molecular weight excluding hydrogens is 508 g/mol. The molecule has 250 valence electrons. The van der Waals surface area contributed by atoms with Crippen LogP contribution in [0, 0.1) is 0 Å². The number of rotatable bonds is 34. The van der Waals surface area contributed by atoms with E-state index in [1.807, 2.05) is 0 Å². The third-order valence-corrected chi connectivity index (χ3v) is 9.82. The van der Waals surface area contributed by atoms with Crippen LogP contribution >= 0.6 is 0 Å². The molecule has 0 saturated heterocycles. The van der Waals surface area contributed by atoms with E-state index in [0.29, 0.717) is 6.17 Å². The predicted octanol–water partition coefficient (Wildman–Crippen LogP) is 13.9. The molecule has 1 rings (SSSR count). The molecular formula is C40H80N2. The second-order valence-corrected chi connectivity index (χ2v) is 13.9. The minimum atomic E-state index is 0.639. The molecule has 0 N–H and O–H groups in total. The standard InChI is InChI=1S/C40H80N2/c1-4-7-10-12-14-16-18-20-22-23-25-27-29-31-33-35-40-41(36-9-6-3)38-39-42(40)37-34-32-30-28-26-24-21-19-17-15-13-11-8-5-2/h38-40H,4-37H2,1-3H3. The van der Waals surface area contributed by atoms with E-state index in [0.717, 1.165) is 0 Å². The van der Waals surface area contributed by atoms with E-state index in [1.165, 1.54) is 219 Å². The normalized spacial score (nSPS) is 15.0. The summed E-state index contributed by atoms with van der Waals surface area (Å²) in [7, 11) is 0. The van der Waals surface area contributed by atoms with E-state index in [-0.39, 0.29) is 0 Å². The molecule has 0 bridgehead atoms. The van der Waals surface area contributed by atoms with Crippen molar-refractivity contribution in [1.29, 1.82) is 0 Å². The van der Waals surface area contributed by atoms with Gasteiger partial charge in [0.05, 0.1) is 0 Å². The van der Waals surface area contributed by atoms with Crippen LogP contribution in [0.25, 0.3) is 0 Å². The smallest absolute Gasteiger partial charge is 0.101 e. The Bertz CT molecular complexity index is 544. The molecule has 1 atom stereocenters. The zero-order valence-corrected chi connectivity index (χ0v) is 29.7. The predicted molar refractivity (Wildman–Crippen MR) is 191 cm³/mol. The van der Waals surface area contributed by atoms with E-state index >= 15 is 0 Å². The van der Waals surface area contributed by atoms with Gasteiger partial charge in [-0.2, -0.15) is 0 Å². The molecule has 0 aromatic heterocycles. The van der Waals surface area contributed by atoms with Gasteiger partial charge in [0.1, 0.15) is 6.17 Å². The molecule has 0 spiro atoms. The maximum atomic E-state index is 2.69. The molecule has 1 unspecified atom stereocenters. The van der Waals surface area contributed by atoms with Crippen LogP contribution in [0.15, 0.2) is 12.4 Å². The average Bonchev–Trinajstić information content (AvgIpc) is 3.39. The molecule has 0 amide bonds. The fourth-order valence-corrected chi connectivity index (χ4v) is 6.87. The molecule has 1 aliphatic heterocycles. The Morgan fingerprint density at radius 1 is 0.310 bits per heavy atom. The van der Waals surface area contributed by atoms with Gasteiger partial charge in [0, 0.05) is 25.5 Å². The highest BCUT2D eigenvalue weighted by molar-refractivity contribution is 4.96. The molecule has 0 aromatic rings. The fourth-order valence-electron chi connectivity index (χ4n) is 6.87. The summed E-state index contributed by atoms with van der Waals surface area (Å²) in [5, 5.41) is 0. The van der Waals surface area contributed by atoms with Crippen molar-refractivity contribution in [3.05, 3.63) is 12.4 Å². The first-order chi connectivity index (χ1) is 20.8. The van der Waals surface area contributed by atoms with Crippen LogP contribution in [0.5, 0.6) is 0 Å². The highest BCUT2D eigenvalue weighted by atomic mass is 15.4. The Labute approximate surface area is 267 Å². The third-order valence-electron chi connectivity index (χ3n) is 9.82. The second-order valence-electron chi connectivity index (χ2n) is 13.9. The van der Waals surface area contributed by atoms with Gasteiger partial charge in [0.2, 0.25) is 0 Å². The van der Waals surface area contributed by atoms with Crippen LogP contribution in [0.2, 0.25) is 0 Å². The van der Waals surface area contributed by atoms with Crippen LogP contribution in [0.4, 0.5) is 0 Å². The molecule has 2 nitrogen and oxygen atoms in total. The summed E-state index contributed by atoms with van der Waals surface area (Å²) in [6, 6.07) is 0. The summed E-state index contributed by atoms with van der Waals surface area (Å²) >= 11 is 0.